The lowest BCUT2D eigenvalue weighted by atomic mass is 9.78. The molecule has 92 heavy (non-hydrogen) atoms. The lowest BCUT2D eigenvalue weighted by molar-refractivity contribution is -0.571. The SMILES string of the molecule is [2H]c1c([2H])c([2H])c([Si](c2c([2H])c([2H])c([2H])c([2H])c2[2H])(c2c([2H])c([2H])c([2H])c([2H])c2[2H])c2c([2H])c([2H])c([2H])c(-c3cccc(-c4c([2H])c(C(C)(C)C)c([2H])c(C(C)(C)C)c4[2H])c3-[n+]3[c-]n(-c4cccc(Oc5ccc6c7ccccc7n(-c7cc(C(C)(C)C)ccn7)c6c5)c4)c4cc(-c5c(C([2H])([2H])[2H])cccc5C([2H])([2H])[2H])ccc43)c2[2H])c([2H])c1[2H]. The van der Waals surface area contributed by atoms with Gasteiger partial charge >= 0.3 is 0 Å². The first-order valence-corrected chi connectivity index (χ1v) is 32.0. The number of hydrogen-bond acceptors (Lipinski definition) is 2. The first-order valence-electron chi connectivity index (χ1n) is 44.0. The molecule has 14 aromatic rings. The van der Waals surface area contributed by atoms with Gasteiger partial charge in [0.1, 0.15) is 17.3 Å². The first-order chi connectivity index (χ1) is 55.9. The van der Waals surface area contributed by atoms with E-state index in [2.05, 4.69) is 31.7 Å². The standard InChI is InChI=1S/C86H78N4OSi/c1-58-27-23-28-59(2)82(58)61-43-46-78-80(52-61)88(66-30-25-31-67(55-66)91-68-44-45-76-75-39-21-22-42-77(75)90(79(76)56-68)81-54-63(47-48-87-81)84(3,4)5)57-89(78)83-73(40-26-41-74(83)62-49-64(85(6,7)8)53-65(50-62)86(9,10)11)60-29-24-38-72(51-60)92(69-32-15-12-16-33-69,70-34-17-13-18-35-70)71-36-19-14-20-37-71/h12-56H,1-11H3/i1D3,2D3,12D,13D,14D,15D,16D,17D,18D,19D,20D,24D,29D,32D,33D,34D,35D,36D,37D,38D,49D,50D,51D,53D. The minimum absolute atomic E-state index is 0.0515. The summed E-state index contributed by atoms with van der Waals surface area (Å²) in [7, 11) is -6.50. The second-order valence-corrected chi connectivity index (χ2v) is 29.2. The zero-order valence-corrected chi connectivity index (χ0v) is 53.0. The highest BCUT2D eigenvalue weighted by Crippen LogP contribution is 2.41. The quantitative estimate of drug-likeness (QED) is 0.0529. The van der Waals surface area contributed by atoms with Crippen molar-refractivity contribution in [3.63, 3.8) is 0 Å². The maximum absolute atomic E-state index is 11.2. The van der Waals surface area contributed by atoms with E-state index < -0.39 is 174 Å². The molecule has 6 heteroatoms. The Morgan fingerprint density at radius 3 is 1.70 bits per heavy atom. The van der Waals surface area contributed by atoms with Crippen molar-refractivity contribution >= 4 is 61.7 Å². The molecule has 0 amide bonds. The molecular weight excluding hydrogens is 1130 g/mol. The maximum Gasteiger partial charge on any atom is 0.269 e. The predicted molar refractivity (Wildman–Crippen MR) is 388 cm³/mol. The maximum atomic E-state index is 11.2. The highest BCUT2D eigenvalue weighted by Gasteiger charge is 2.41. The van der Waals surface area contributed by atoms with E-state index >= 15 is 0 Å². The Bertz CT molecular complexity index is 6390. The van der Waals surface area contributed by atoms with Crippen LogP contribution in [0.25, 0.3) is 83.4 Å². The normalized spacial score (nSPS) is 16.9. The minimum atomic E-state index is -6.50. The summed E-state index contributed by atoms with van der Waals surface area (Å²) in [5.74, 6) is 1.25. The van der Waals surface area contributed by atoms with Crippen LogP contribution in [-0.4, -0.2) is 22.2 Å². The minimum Gasteiger partial charge on any atom is -0.458 e. The number of pyridine rings is 1. The number of aryl methyl sites for hydroxylation is 2. The molecule has 5 nitrogen and oxygen atoms in total. The molecule has 0 atom stereocenters. The Balaban J connectivity index is 1.17. The fourth-order valence-electron chi connectivity index (χ4n) is 11.8. The van der Waals surface area contributed by atoms with Gasteiger partial charge in [-0.05, 0) is 166 Å². The molecule has 11 aromatic carbocycles. The van der Waals surface area contributed by atoms with Crippen LogP contribution in [0.2, 0.25) is 0 Å². The monoisotopic (exact) mass is 1240 g/mol. The molecule has 452 valence electrons. The molecule has 0 saturated heterocycles. The van der Waals surface area contributed by atoms with Gasteiger partial charge < -0.3 is 4.74 Å². The van der Waals surface area contributed by atoms with E-state index in [-0.39, 0.29) is 102 Å². The van der Waals surface area contributed by atoms with Gasteiger partial charge in [0, 0.05) is 31.3 Å². The summed E-state index contributed by atoms with van der Waals surface area (Å²) in [6.07, 6.45) is 5.24. The van der Waals surface area contributed by atoms with Crippen molar-refractivity contribution in [2.75, 3.05) is 0 Å². The molecule has 0 aliphatic heterocycles. The van der Waals surface area contributed by atoms with E-state index in [1.54, 1.807) is 72.0 Å². The van der Waals surface area contributed by atoms with Crippen LogP contribution in [0.3, 0.4) is 0 Å². The van der Waals surface area contributed by atoms with Gasteiger partial charge in [-0.3, -0.25) is 13.7 Å². The number of ether oxygens (including phenoxy) is 1. The summed E-state index contributed by atoms with van der Waals surface area (Å²) in [5.41, 5.74) is -1.39. The smallest absolute Gasteiger partial charge is 0.269 e. The third-order valence-corrected chi connectivity index (χ3v) is 20.5. The zero-order valence-electron chi connectivity index (χ0n) is 80.0. The van der Waals surface area contributed by atoms with Gasteiger partial charge in [-0.1, -0.05) is 268 Å². The van der Waals surface area contributed by atoms with Crippen LogP contribution in [-0.2, 0) is 16.2 Å². The second-order valence-electron chi connectivity index (χ2n) is 25.7. The van der Waals surface area contributed by atoms with Crippen LogP contribution in [0.1, 0.15) is 129 Å². The Morgan fingerprint density at radius 2 is 1.05 bits per heavy atom. The van der Waals surface area contributed by atoms with Gasteiger partial charge in [0.05, 0.1) is 63.6 Å². The van der Waals surface area contributed by atoms with Crippen molar-refractivity contribution in [3.8, 4) is 62.1 Å². The summed E-state index contributed by atoms with van der Waals surface area (Å²) in [6.45, 7) is 11.1. The molecule has 14 rings (SSSR count). The number of nitrogens with zero attached hydrogens (tertiary/aromatic N) is 4. The Labute approximate surface area is 582 Å². The lowest BCUT2D eigenvalue weighted by Gasteiger charge is -2.34. The summed E-state index contributed by atoms with van der Waals surface area (Å²) in [4.78, 5) is 4.86. The summed E-state index contributed by atoms with van der Waals surface area (Å²) >= 11 is 0. The van der Waals surface area contributed by atoms with Crippen molar-refractivity contribution in [2.24, 2.45) is 0 Å². The molecule has 0 bridgehead atoms. The van der Waals surface area contributed by atoms with Crippen molar-refractivity contribution in [2.45, 2.75) is 92.3 Å². The van der Waals surface area contributed by atoms with Gasteiger partial charge in [0.2, 0.25) is 0 Å². The lowest BCUT2D eigenvalue weighted by Crippen LogP contribution is -2.74. The van der Waals surface area contributed by atoms with Crippen LogP contribution in [0.15, 0.2) is 273 Å². The molecule has 3 aromatic heterocycles. The topological polar surface area (TPSA) is 35.9 Å². The molecular formula is C86H78N4OSi. The van der Waals surface area contributed by atoms with Crippen molar-refractivity contribution < 1.29 is 47.7 Å². The van der Waals surface area contributed by atoms with Gasteiger partial charge in [-0.25, -0.2) is 4.98 Å². The van der Waals surface area contributed by atoms with Gasteiger partial charge in [0.15, 0.2) is 8.07 Å². The highest BCUT2D eigenvalue weighted by atomic mass is 28.3. The molecule has 0 spiro atoms. The molecule has 0 radical (unpaired) electrons. The molecule has 0 saturated carbocycles. The summed E-state index contributed by atoms with van der Waals surface area (Å²) < 4.78 is 280. The largest absolute Gasteiger partial charge is 0.458 e. The predicted octanol–water partition coefficient (Wildman–Crippen LogP) is 18.9. The van der Waals surface area contributed by atoms with E-state index in [0.29, 0.717) is 11.6 Å². The number of imidazole rings is 1. The Kier molecular flexibility index (Phi) is 8.97. The van der Waals surface area contributed by atoms with Crippen LogP contribution in [0.4, 0.5) is 0 Å². The zero-order chi connectivity index (χ0) is 87.8. The van der Waals surface area contributed by atoms with Crippen molar-refractivity contribution in [1.82, 2.24) is 14.1 Å². The van der Waals surface area contributed by atoms with Crippen molar-refractivity contribution in [1.29, 1.82) is 0 Å². The Morgan fingerprint density at radius 1 is 0.467 bits per heavy atom. The Hall–Kier alpha value is -10.1. The van der Waals surface area contributed by atoms with Crippen LogP contribution < -0.4 is 30.1 Å². The van der Waals surface area contributed by atoms with E-state index in [0.717, 1.165) is 27.4 Å². The number of rotatable bonds is 12. The van der Waals surface area contributed by atoms with Gasteiger partial charge in [-0.15, -0.1) is 0 Å². The molecule has 0 fully saturated rings. The van der Waals surface area contributed by atoms with Crippen molar-refractivity contribution in [3.05, 3.63) is 307 Å². The highest BCUT2D eigenvalue weighted by molar-refractivity contribution is 7.19. The first kappa shape index (κ1) is 35.5. The average Bonchev–Trinajstić information content (AvgIpc) is 0.888. The fourth-order valence-corrected chi connectivity index (χ4v) is 15.4. The number of fused-ring (bicyclic) bond motifs is 4. The van der Waals surface area contributed by atoms with E-state index in [4.69, 9.17) is 22.1 Å². The van der Waals surface area contributed by atoms with Crippen LogP contribution in [0, 0.1) is 20.0 Å². The third-order valence-electron chi connectivity index (χ3n) is 16.5. The number of aromatic nitrogens is 4. The summed E-state index contributed by atoms with van der Waals surface area (Å²) in [6, 6.07) is 14.0. The average molecular weight is 1240 g/mol. The second kappa shape index (κ2) is 23.3. The summed E-state index contributed by atoms with van der Waals surface area (Å²) in [5, 5.41) is -2.49. The molecule has 0 aliphatic carbocycles. The van der Waals surface area contributed by atoms with E-state index in [1.165, 1.54) is 63.7 Å². The number of para-hydroxylation sites is 2. The van der Waals surface area contributed by atoms with E-state index in [1.807, 2.05) is 54.6 Å². The van der Waals surface area contributed by atoms with Gasteiger partial charge in [0.25, 0.3) is 6.33 Å². The number of benzene rings is 11. The number of hydrogen-bond donors (Lipinski definition) is 0. The molecule has 0 aliphatic rings. The molecule has 0 N–H and O–H groups in total. The molecule has 0 unspecified atom stereocenters. The fraction of sp³-hybridized carbons (Fsp3) is 0.163. The van der Waals surface area contributed by atoms with Crippen LogP contribution >= 0.6 is 0 Å². The van der Waals surface area contributed by atoms with Gasteiger partial charge in [-0.2, -0.15) is 0 Å². The molecule has 3 heterocycles. The van der Waals surface area contributed by atoms with E-state index in [9.17, 15) is 26.0 Å². The van der Waals surface area contributed by atoms with Crippen LogP contribution in [0.5, 0.6) is 11.5 Å². The third kappa shape index (κ3) is 10.8.